The molecular formula is C22H28O. The molecule has 0 atom stereocenters. The zero-order chi connectivity index (χ0) is 16.8. The summed E-state index contributed by atoms with van der Waals surface area (Å²) in [7, 11) is 0. The highest BCUT2D eigenvalue weighted by Gasteiger charge is 2.18. The van der Waals surface area contributed by atoms with Gasteiger partial charge in [0.05, 0.1) is 0 Å². The van der Waals surface area contributed by atoms with Gasteiger partial charge in [-0.25, -0.2) is 0 Å². The Morgan fingerprint density at radius 1 is 0.783 bits per heavy atom. The van der Waals surface area contributed by atoms with Crippen molar-refractivity contribution in [2.24, 2.45) is 10.8 Å². The highest BCUT2D eigenvalue weighted by atomic mass is 16.3. The van der Waals surface area contributed by atoms with Crippen LogP contribution in [0.4, 0.5) is 0 Å². The zero-order valence-corrected chi connectivity index (χ0v) is 15.3. The van der Waals surface area contributed by atoms with E-state index >= 15 is 0 Å². The lowest BCUT2D eigenvalue weighted by Gasteiger charge is -2.18. The van der Waals surface area contributed by atoms with Crippen molar-refractivity contribution in [2.75, 3.05) is 0 Å². The van der Waals surface area contributed by atoms with E-state index in [4.69, 9.17) is 4.42 Å². The molecular weight excluding hydrogens is 280 g/mol. The average Bonchev–Trinajstić information content (AvgIpc) is 2.74. The summed E-state index contributed by atoms with van der Waals surface area (Å²) in [5.41, 5.74) is 5.30. The monoisotopic (exact) mass is 308 g/mol. The molecule has 0 radical (unpaired) electrons. The molecule has 23 heavy (non-hydrogen) atoms. The van der Waals surface area contributed by atoms with Gasteiger partial charge in [-0.2, -0.15) is 0 Å². The normalized spacial score (nSPS) is 13.1. The average molecular weight is 308 g/mol. The van der Waals surface area contributed by atoms with Crippen molar-refractivity contribution < 1.29 is 4.42 Å². The van der Waals surface area contributed by atoms with Crippen LogP contribution in [0.15, 0.2) is 40.8 Å². The first kappa shape index (κ1) is 16.1. The molecule has 122 valence electrons. The second kappa shape index (κ2) is 5.40. The largest absolute Gasteiger partial charge is 0.456 e. The van der Waals surface area contributed by atoms with Crippen molar-refractivity contribution in [3.05, 3.63) is 47.5 Å². The molecule has 0 saturated carbocycles. The number of furan rings is 1. The van der Waals surface area contributed by atoms with E-state index in [9.17, 15) is 0 Å². The highest BCUT2D eigenvalue weighted by Crippen LogP contribution is 2.35. The fraction of sp³-hybridized carbons (Fsp3) is 0.455. The lowest BCUT2D eigenvalue weighted by molar-refractivity contribution is 0.410. The summed E-state index contributed by atoms with van der Waals surface area (Å²) in [5.74, 6) is 0. The van der Waals surface area contributed by atoms with Gasteiger partial charge in [0.1, 0.15) is 11.2 Å². The summed E-state index contributed by atoms with van der Waals surface area (Å²) >= 11 is 0. The minimum absolute atomic E-state index is 0.255. The van der Waals surface area contributed by atoms with Crippen molar-refractivity contribution in [1.82, 2.24) is 0 Å². The molecule has 0 N–H and O–H groups in total. The van der Waals surface area contributed by atoms with Gasteiger partial charge in [-0.3, -0.25) is 0 Å². The highest BCUT2D eigenvalue weighted by molar-refractivity contribution is 6.06. The van der Waals surface area contributed by atoms with Gasteiger partial charge in [0.15, 0.2) is 0 Å². The minimum atomic E-state index is 0.255. The maximum atomic E-state index is 6.21. The van der Waals surface area contributed by atoms with E-state index in [1.165, 1.54) is 21.9 Å². The predicted octanol–water partition coefficient (Wildman–Crippen LogP) is 6.76. The molecule has 0 saturated heterocycles. The Morgan fingerprint density at radius 3 is 2.13 bits per heavy atom. The second-order valence-corrected chi connectivity index (χ2v) is 9.20. The number of hydrogen-bond acceptors (Lipinski definition) is 1. The van der Waals surface area contributed by atoms with E-state index in [1.54, 1.807) is 0 Å². The van der Waals surface area contributed by atoms with Gasteiger partial charge in [0, 0.05) is 10.8 Å². The maximum Gasteiger partial charge on any atom is 0.138 e. The van der Waals surface area contributed by atoms with Gasteiger partial charge in [-0.05, 0) is 46.9 Å². The van der Waals surface area contributed by atoms with E-state index in [2.05, 4.69) is 77.9 Å². The molecule has 1 heteroatoms. The van der Waals surface area contributed by atoms with Crippen molar-refractivity contribution in [3.8, 4) is 0 Å². The summed E-state index contributed by atoms with van der Waals surface area (Å²) < 4.78 is 6.21. The second-order valence-electron chi connectivity index (χ2n) is 9.20. The van der Waals surface area contributed by atoms with Crippen LogP contribution in [-0.2, 0) is 12.8 Å². The van der Waals surface area contributed by atoms with E-state index in [0.717, 1.165) is 24.0 Å². The molecule has 3 aromatic rings. The van der Waals surface area contributed by atoms with E-state index in [1.807, 2.05) is 0 Å². The van der Waals surface area contributed by atoms with Crippen LogP contribution in [0.5, 0.6) is 0 Å². The van der Waals surface area contributed by atoms with Crippen LogP contribution in [0.2, 0.25) is 0 Å². The van der Waals surface area contributed by atoms with Gasteiger partial charge in [0.2, 0.25) is 0 Å². The molecule has 0 aliphatic carbocycles. The summed E-state index contributed by atoms with van der Waals surface area (Å²) in [4.78, 5) is 0. The number of benzene rings is 2. The molecule has 0 spiro atoms. The Hall–Kier alpha value is -1.76. The molecule has 0 fully saturated rings. The van der Waals surface area contributed by atoms with Crippen LogP contribution in [0.1, 0.15) is 52.7 Å². The molecule has 3 rings (SSSR count). The summed E-state index contributed by atoms with van der Waals surface area (Å²) in [6.45, 7) is 13.7. The molecule has 1 aromatic heterocycles. The molecule has 1 nitrogen and oxygen atoms in total. The Kier molecular flexibility index (Phi) is 3.78. The smallest absolute Gasteiger partial charge is 0.138 e. The van der Waals surface area contributed by atoms with Gasteiger partial charge in [-0.1, -0.05) is 65.8 Å². The fourth-order valence-corrected chi connectivity index (χ4v) is 3.34. The Bertz CT molecular complexity index is 838. The van der Waals surface area contributed by atoms with Crippen LogP contribution in [0.25, 0.3) is 21.9 Å². The molecule has 0 amide bonds. The standard InChI is InChI=1S/C22H28O/c1-21(2,3)13-15-10-11-19-18(12-15)17-9-7-8-16(20(17)23-19)14-22(4,5)6/h7-12H,13-14H2,1-6H3. The third kappa shape index (κ3) is 3.60. The van der Waals surface area contributed by atoms with Crippen LogP contribution >= 0.6 is 0 Å². The van der Waals surface area contributed by atoms with E-state index < -0.39 is 0 Å². The Balaban J connectivity index is 2.14. The Labute approximate surface area is 139 Å². The van der Waals surface area contributed by atoms with Crippen molar-refractivity contribution >= 4 is 21.9 Å². The number of fused-ring (bicyclic) bond motifs is 3. The Morgan fingerprint density at radius 2 is 1.48 bits per heavy atom. The number of para-hydroxylation sites is 1. The lowest BCUT2D eigenvalue weighted by atomic mass is 9.87. The molecule has 1 heterocycles. The maximum absolute atomic E-state index is 6.21. The van der Waals surface area contributed by atoms with E-state index in [0.29, 0.717) is 5.41 Å². The molecule has 0 aliphatic heterocycles. The molecule has 2 aromatic carbocycles. The van der Waals surface area contributed by atoms with Crippen LogP contribution in [0, 0.1) is 10.8 Å². The summed E-state index contributed by atoms with van der Waals surface area (Å²) in [5, 5.41) is 2.50. The minimum Gasteiger partial charge on any atom is -0.456 e. The first-order valence-corrected chi connectivity index (χ1v) is 8.55. The van der Waals surface area contributed by atoms with Gasteiger partial charge < -0.3 is 4.42 Å². The van der Waals surface area contributed by atoms with E-state index in [-0.39, 0.29) is 5.41 Å². The predicted molar refractivity (Wildman–Crippen MR) is 100 cm³/mol. The third-order valence-electron chi connectivity index (χ3n) is 4.10. The molecule has 0 bridgehead atoms. The zero-order valence-electron chi connectivity index (χ0n) is 15.3. The fourth-order valence-electron chi connectivity index (χ4n) is 3.34. The van der Waals surface area contributed by atoms with Gasteiger partial charge in [0.25, 0.3) is 0 Å². The van der Waals surface area contributed by atoms with Crippen LogP contribution in [-0.4, -0.2) is 0 Å². The third-order valence-corrected chi connectivity index (χ3v) is 4.10. The first-order valence-electron chi connectivity index (χ1n) is 8.55. The van der Waals surface area contributed by atoms with Crippen LogP contribution < -0.4 is 0 Å². The van der Waals surface area contributed by atoms with Crippen LogP contribution in [0.3, 0.4) is 0 Å². The number of hydrogen-bond donors (Lipinski definition) is 0. The first-order chi connectivity index (χ1) is 10.6. The van der Waals surface area contributed by atoms with Crippen molar-refractivity contribution in [1.29, 1.82) is 0 Å². The number of rotatable bonds is 2. The van der Waals surface area contributed by atoms with Crippen molar-refractivity contribution in [3.63, 3.8) is 0 Å². The lowest BCUT2D eigenvalue weighted by Crippen LogP contribution is -2.09. The van der Waals surface area contributed by atoms with Gasteiger partial charge in [-0.15, -0.1) is 0 Å². The topological polar surface area (TPSA) is 13.1 Å². The molecule has 0 unspecified atom stereocenters. The quantitative estimate of drug-likeness (QED) is 0.509. The SMILES string of the molecule is CC(C)(C)Cc1ccc2oc3c(CC(C)(C)C)cccc3c2c1. The van der Waals surface area contributed by atoms with Crippen molar-refractivity contribution in [2.45, 2.75) is 54.4 Å². The summed E-state index contributed by atoms with van der Waals surface area (Å²) in [6, 6.07) is 13.2. The molecule has 0 aliphatic rings. The summed E-state index contributed by atoms with van der Waals surface area (Å²) in [6.07, 6.45) is 2.11. The van der Waals surface area contributed by atoms with Gasteiger partial charge >= 0.3 is 0 Å².